The van der Waals surface area contributed by atoms with E-state index in [0.29, 0.717) is 5.11 Å². The zero-order chi connectivity index (χ0) is 22.5. The maximum absolute atomic E-state index is 5.82. The van der Waals surface area contributed by atoms with Gasteiger partial charge in [-0.2, -0.15) is 0 Å². The van der Waals surface area contributed by atoms with Gasteiger partial charge in [0.05, 0.1) is 20.8 Å². The zero-order valence-electron chi connectivity index (χ0n) is 18.5. The number of fused-ring (bicyclic) bond motifs is 1. The highest BCUT2D eigenvalue weighted by Gasteiger charge is 2.15. The molecule has 0 amide bonds. The number of hydrogen-bond acceptors (Lipinski definition) is 4. The van der Waals surface area contributed by atoms with Gasteiger partial charge in [0.2, 0.25) is 0 Å². The molecular weight excluding hydrogens is 438 g/mol. The first-order chi connectivity index (χ1) is 15.6. The molecule has 4 aromatic rings. The highest BCUT2D eigenvalue weighted by atomic mass is 32.1. The van der Waals surface area contributed by atoms with Crippen molar-refractivity contribution in [3.8, 4) is 11.5 Å². The van der Waals surface area contributed by atoms with E-state index in [0.717, 1.165) is 42.2 Å². The quantitative estimate of drug-likeness (QED) is 0.313. The molecule has 0 aliphatic carbocycles. The van der Waals surface area contributed by atoms with Crippen LogP contribution in [-0.4, -0.2) is 35.8 Å². The number of aryl methyl sites for hydroxylation is 1. The molecule has 0 fully saturated rings. The first-order valence-electron chi connectivity index (χ1n) is 10.4. The van der Waals surface area contributed by atoms with Crippen LogP contribution in [0.2, 0.25) is 0 Å². The summed E-state index contributed by atoms with van der Waals surface area (Å²) in [6.07, 6.45) is 0.865. The fourth-order valence-corrected chi connectivity index (χ4v) is 4.80. The standard InChI is InChI=1S/C25H27N3O2S2/c1-17-22(23-15-20(30-3)9-10-24(23)26-17)11-12-28(16-21-8-5-13-32-21)25(31)27-18-6-4-7-19(14-18)29-2/h4-10,13-15,26H,11-12,16H2,1-3H3,(H,27,31). The summed E-state index contributed by atoms with van der Waals surface area (Å²) < 4.78 is 10.8. The van der Waals surface area contributed by atoms with E-state index in [1.165, 1.54) is 21.5 Å². The summed E-state index contributed by atoms with van der Waals surface area (Å²) in [4.78, 5) is 6.99. The van der Waals surface area contributed by atoms with E-state index in [1.807, 2.05) is 30.3 Å². The van der Waals surface area contributed by atoms with Crippen LogP contribution in [0, 0.1) is 6.92 Å². The van der Waals surface area contributed by atoms with Crippen molar-refractivity contribution >= 4 is 45.3 Å². The third kappa shape index (κ3) is 5.06. The second-order valence-electron chi connectivity index (χ2n) is 7.55. The molecule has 7 heteroatoms. The van der Waals surface area contributed by atoms with Gasteiger partial charge in [0, 0.05) is 39.8 Å². The maximum atomic E-state index is 5.82. The molecule has 0 bridgehead atoms. The SMILES string of the molecule is COc1cccc(NC(=S)N(CCc2c(C)[nH]c3ccc(OC)cc23)Cc2cccs2)c1. The first-order valence-corrected chi connectivity index (χ1v) is 11.7. The molecule has 0 unspecified atom stereocenters. The molecule has 166 valence electrons. The molecule has 0 aliphatic rings. The average Bonchev–Trinajstić information content (AvgIpc) is 3.43. The van der Waals surface area contributed by atoms with Crippen LogP contribution in [0.1, 0.15) is 16.1 Å². The summed E-state index contributed by atoms with van der Waals surface area (Å²) in [5.74, 6) is 1.66. The molecule has 0 saturated heterocycles. The number of aromatic nitrogens is 1. The Morgan fingerprint density at radius 2 is 1.88 bits per heavy atom. The van der Waals surface area contributed by atoms with Crippen LogP contribution >= 0.6 is 23.6 Å². The number of rotatable bonds is 8. The fraction of sp³-hybridized carbons (Fsp3) is 0.240. The zero-order valence-corrected chi connectivity index (χ0v) is 20.1. The number of thiophene rings is 1. The lowest BCUT2D eigenvalue weighted by Gasteiger charge is -2.26. The molecule has 2 N–H and O–H groups in total. The molecule has 0 radical (unpaired) electrons. The number of methoxy groups -OCH3 is 2. The second-order valence-corrected chi connectivity index (χ2v) is 8.97. The van der Waals surface area contributed by atoms with Gasteiger partial charge in [-0.05, 0) is 72.9 Å². The summed E-state index contributed by atoms with van der Waals surface area (Å²) in [6.45, 7) is 3.68. The molecular formula is C25H27N3O2S2. The minimum absolute atomic E-state index is 0.696. The topological polar surface area (TPSA) is 49.5 Å². The van der Waals surface area contributed by atoms with Gasteiger partial charge in [0.15, 0.2) is 5.11 Å². The number of nitrogens with zero attached hydrogens (tertiary/aromatic N) is 1. The molecule has 2 aromatic heterocycles. The molecule has 0 saturated carbocycles. The predicted molar refractivity (Wildman–Crippen MR) is 137 cm³/mol. The monoisotopic (exact) mass is 465 g/mol. The lowest BCUT2D eigenvalue weighted by Crippen LogP contribution is -2.35. The van der Waals surface area contributed by atoms with Crippen LogP contribution in [0.5, 0.6) is 11.5 Å². The second kappa shape index (κ2) is 10.1. The minimum atomic E-state index is 0.696. The lowest BCUT2D eigenvalue weighted by molar-refractivity contribution is 0.414. The van der Waals surface area contributed by atoms with Gasteiger partial charge in [0.1, 0.15) is 11.5 Å². The number of thiocarbonyl (C=S) groups is 1. The molecule has 2 heterocycles. The molecule has 32 heavy (non-hydrogen) atoms. The van der Waals surface area contributed by atoms with Crippen LogP contribution in [0.25, 0.3) is 10.9 Å². The molecule has 4 rings (SSSR count). The Hall–Kier alpha value is -3.03. The highest BCUT2D eigenvalue weighted by Crippen LogP contribution is 2.27. The van der Waals surface area contributed by atoms with Crippen LogP contribution in [0.4, 0.5) is 5.69 Å². The van der Waals surface area contributed by atoms with Crippen molar-refractivity contribution in [2.45, 2.75) is 19.9 Å². The van der Waals surface area contributed by atoms with Crippen LogP contribution in [0.15, 0.2) is 60.0 Å². The normalized spacial score (nSPS) is 10.8. The average molecular weight is 466 g/mol. The van der Waals surface area contributed by atoms with Crippen molar-refractivity contribution < 1.29 is 9.47 Å². The first kappa shape index (κ1) is 22.2. The van der Waals surface area contributed by atoms with Gasteiger partial charge >= 0.3 is 0 Å². The molecule has 2 aromatic carbocycles. The number of ether oxygens (including phenoxy) is 2. The number of anilines is 1. The van der Waals surface area contributed by atoms with Gasteiger partial charge in [0.25, 0.3) is 0 Å². The molecule has 5 nitrogen and oxygen atoms in total. The van der Waals surface area contributed by atoms with E-state index >= 15 is 0 Å². The fourth-order valence-electron chi connectivity index (χ4n) is 3.80. The van der Waals surface area contributed by atoms with Crippen LogP contribution in [-0.2, 0) is 13.0 Å². The maximum Gasteiger partial charge on any atom is 0.173 e. The van der Waals surface area contributed by atoms with Crippen molar-refractivity contribution in [3.63, 3.8) is 0 Å². The summed E-state index contributed by atoms with van der Waals surface area (Å²) in [6, 6.07) is 18.2. The molecule has 0 aliphatic heterocycles. The van der Waals surface area contributed by atoms with E-state index in [4.69, 9.17) is 21.7 Å². The molecule has 0 spiro atoms. The van der Waals surface area contributed by atoms with Crippen molar-refractivity contribution in [1.29, 1.82) is 0 Å². The third-order valence-electron chi connectivity index (χ3n) is 5.49. The van der Waals surface area contributed by atoms with E-state index in [1.54, 1.807) is 25.6 Å². The third-order valence-corrected chi connectivity index (χ3v) is 6.71. The molecule has 0 atom stereocenters. The largest absolute Gasteiger partial charge is 0.497 e. The van der Waals surface area contributed by atoms with Crippen LogP contribution < -0.4 is 14.8 Å². The van der Waals surface area contributed by atoms with Crippen molar-refractivity contribution in [3.05, 3.63) is 76.1 Å². The lowest BCUT2D eigenvalue weighted by atomic mass is 10.1. The smallest absolute Gasteiger partial charge is 0.173 e. The summed E-state index contributed by atoms with van der Waals surface area (Å²) in [5, 5.41) is 7.38. The Kier molecular flexibility index (Phi) is 6.97. The van der Waals surface area contributed by atoms with Crippen molar-refractivity contribution in [1.82, 2.24) is 9.88 Å². The van der Waals surface area contributed by atoms with Gasteiger partial charge in [-0.15, -0.1) is 11.3 Å². The summed E-state index contributed by atoms with van der Waals surface area (Å²) in [5.41, 5.74) is 4.51. The van der Waals surface area contributed by atoms with E-state index in [9.17, 15) is 0 Å². The van der Waals surface area contributed by atoms with Gasteiger partial charge in [-0.25, -0.2) is 0 Å². The number of hydrogen-bond donors (Lipinski definition) is 2. The Morgan fingerprint density at radius 3 is 2.62 bits per heavy atom. The van der Waals surface area contributed by atoms with Crippen molar-refractivity contribution in [2.24, 2.45) is 0 Å². The van der Waals surface area contributed by atoms with Gasteiger partial charge in [-0.3, -0.25) is 0 Å². The Morgan fingerprint density at radius 1 is 1.06 bits per heavy atom. The number of aromatic amines is 1. The van der Waals surface area contributed by atoms with E-state index in [2.05, 4.69) is 51.8 Å². The number of nitrogens with one attached hydrogen (secondary N) is 2. The van der Waals surface area contributed by atoms with E-state index < -0.39 is 0 Å². The summed E-state index contributed by atoms with van der Waals surface area (Å²) >= 11 is 7.57. The Balaban J connectivity index is 1.55. The van der Waals surface area contributed by atoms with Crippen LogP contribution in [0.3, 0.4) is 0 Å². The highest BCUT2D eigenvalue weighted by molar-refractivity contribution is 7.80. The Bertz CT molecular complexity index is 1200. The van der Waals surface area contributed by atoms with Gasteiger partial charge in [-0.1, -0.05) is 12.1 Å². The summed E-state index contributed by atoms with van der Waals surface area (Å²) in [7, 11) is 3.37. The predicted octanol–water partition coefficient (Wildman–Crippen LogP) is 6.00. The van der Waals surface area contributed by atoms with Gasteiger partial charge < -0.3 is 24.7 Å². The number of benzene rings is 2. The number of H-pyrrole nitrogens is 1. The van der Waals surface area contributed by atoms with Crippen molar-refractivity contribution in [2.75, 3.05) is 26.1 Å². The van der Waals surface area contributed by atoms with E-state index in [-0.39, 0.29) is 0 Å². The Labute approximate surface area is 198 Å². The minimum Gasteiger partial charge on any atom is -0.497 e.